The molecule has 1 aromatic rings. The Balaban J connectivity index is 2.11. The van der Waals surface area contributed by atoms with E-state index in [1.807, 2.05) is 13.8 Å². The molecule has 2 rings (SSSR count). The van der Waals surface area contributed by atoms with Gasteiger partial charge in [0.2, 0.25) is 5.95 Å². The third-order valence-corrected chi connectivity index (χ3v) is 3.18. The number of nitrogens with zero attached hydrogens (tertiary/aromatic N) is 3. The molecule has 0 aromatic carbocycles. The van der Waals surface area contributed by atoms with Crippen LogP contribution in [0.15, 0.2) is 0 Å². The fraction of sp³-hybridized carbons (Fsp3) is 0.818. The molecule has 17 heavy (non-hydrogen) atoms. The smallest absolute Gasteiger partial charge is 0.244 e. The molecule has 6 nitrogen and oxygen atoms in total. The van der Waals surface area contributed by atoms with Crippen LogP contribution in [0.4, 0.5) is 5.95 Å². The van der Waals surface area contributed by atoms with Crippen molar-refractivity contribution < 1.29 is 4.74 Å². The van der Waals surface area contributed by atoms with Gasteiger partial charge in [0.05, 0.1) is 0 Å². The lowest BCUT2D eigenvalue weighted by atomic mass is 10.1. The average molecular weight is 239 g/mol. The van der Waals surface area contributed by atoms with Crippen molar-refractivity contribution in [1.29, 1.82) is 0 Å². The Bertz CT molecular complexity index is 354. The van der Waals surface area contributed by atoms with Gasteiger partial charge in [-0.1, -0.05) is 0 Å². The van der Waals surface area contributed by atoms with Crippen molar-refractivity contribution in [2.24, 2.45) is 0 Å². The van der Waals surface area contributed by atoms with Crippen LogP contribution in [0, 0.1) is 0 Å². The predicted octanol–water partition coefficient (Wildman–Crippen LogP) is 0.486. The van der Waals surface area contributed by atoms with E-state index < -0.39 is 5.60 Å². The van der Waals surface area contributed by atoms with Gasteiger partial charge in [-0.2, -0.15) is 4.98 Å². The van der Waals surface area contributed by atoms with Gasteiger partial charge in [0.25, 0.3) is 0 Å². The number of hydrogen-bond acceptors (Lipinski definition) is 5. The number of anilines is 1. The van der Waals surface area contributed by atoms with Gasteiger partial charge in [0.1, 0.15) is 5.60 Å². The third-order valence-electron chi connectivity index (χ3n) is 3.18. The normalized spacial score (nSPS) is 18.2. The van der Waals surface area contributed by atoms with Crippen molar-refractivity contribution in [3.05, 3.63) is 5.82 Å². The molecule has 1 fully saturated rings. The fourth-order valence-corrected chi connectivity index (χ4v) is 1.81. The maximum Gasteiger partial charge on any atom is 0.244 e. The van der Waals surface area contributed by atoms with Crippen molar-refractivity contribution in [3.8, 4) is 0 Å². The molecule has 2 N–H and O–H groups in total. The first-order chi connectivity index (χ1) is 8.13. The lowest BCUT2D eigenvalue weighted by Gasteiger charge is -2.20. The standard InChI is InChI=1S/C11H21N5O/c1-11(2,17-3)9-13-10(15-14-9)16-7-4-5-12-6-8-16/h12H,4-8H2,1-3H3,(H,13,14,15). The topological polar surface area (TPSA) is 66.1 Å². The molecule has 2 heterocycles. The van der Waals surface area contributed by atoms with E-state index in [9.17, 15) is 0 Å². The quantitative estimate of drug-likeness (QED) is 0.803. The monoisotopic (exact) mass is 239 g/mol. The van der Waals surface area contributed by atoms with E-state index in [4.69, 9.17) is 4.74 Å². The minimum absolute atomic E-state index is 0.421. The van der Waals surface area contributed by atoms with Crippen LogP contribution in [0.5, 0.6) is 0 Å². The predicted molar refractivity (Wildman–Crippen MR) is 66.1 cm³/mol. The molecule has 6 heteroatoms. The summed E-state index contributed by atoms with van der Waals surface area (Å²) in [5.41, 5.74) is -0.421. The lowest BCUT2D eigenvalue weighted by Crippen LogP contribution is -2.29. The van der Waals surface area contributed by atoms with Crippen LogP contribution in [0.3, 0.4) is 0 Å². The molecule has 1 aliphatic heterocycles. The van der Waals surface area contributed by atoms with Crippen molar-refractivity contribution in [2.75, 3.05) is 38.2 Å². The van der Waals surface area contributed by atoms with E-state index in [-0.39, 0.29) is 0 Å². The summed E-state index contributed by atoms with van der Waals surface area (Å²) in [5.74, 6) is 1.54. The Kier molecular flexibility index (Phi) is 3.63. The highest BCUT2D eigenvalue weighted by Gasteiger charge is 2.25. The summed E-state index contributed by atoms with van der Waals surface area (Å²) < 4.78 is 5.38. The van der Waals surface area contributed by atoms with E-state index in [1.165, 1.54) is 0 Å². The molecule has 1 saturated heterocycles. The van der Waals surface area contributed by atoms with Crippen LogP contribution in [-0.2, 0) is 10.3 Å². The summed E-state index contributed by atoms with van der Waals surface area (Å²) in [4.78, 5) is 6.72. The first-order valence-corrected chi connectivity index (χ1v) is 6.07. The highest BCUT2D eigenvalue weighted by molar-refractivity contribution is 5.29. The van der Waals surface area contributed by atoms with Crippen molar-refractivity contribution in [3.63, 3.8) is 0 Å². The Morgan fingerprint density at radius 1 is 1.29 bits per heavy atom. The van der Waals surface area contributed by atoms with Gasteiger partial charge in [-0.25, -0.2) is 0 Å². The minimum atomic E-state index is -0.421. The minimum Gasteiger partial charge on any atom is -0.371 e. The van der Waals surface area contributed by atoms with Gasteiger partial charge in [-0.05, 0) is 26.8 Å². The molecule has 0 saturated carbocycles. The number of hydrogen-bond donors (Lipinski definition) is 2. The molecule has 96 valence electrons. The highest BCUT2D eigenvalue weighted by atomic mass is 16.5. The number of methoxy groups -OCH3 is 1. The van der Waals surface area contributed by atoms with Gasteiger partial charge in [-0.3, -0.25) is 5.10 Å². The first-order valence-electron chi connectivity index (χ1n) is 6.07. The zero-order valence-electron chi connectivity index (χ0n) is 10.8. The van der Waals surface area contributed by atoms with Crippen molar-refractivity contribution in [2.45, 2.75) is 25.9 Å². The molecule has 0 amide bonds. The summed E-state index contributed by atoms with van der Waals surface area (Å²) in [6.45, 7) is 7.94. The summed E-state index contributed by atoms with van der Waals surface area (Å²) in [5, 5.41) is 10.6. The zero-order chi connectivity index (χ0) is 12.3. The number of H-pyrrole nitrogens is 1. The van der Waals surface area contributed by atoms with Gasteiger partial charge in [0.15, 0.2) is 5.82 Å². The zero-order valence-corrected chi connectivity index (χ0v) is 10.8. The number of ether oxygens (including phenoxy) is 1. The van der Waals surface area contributed by atoms with Gasteiger partial charge in [0, 0.05) is 26.7 Å². The number of aromatic nitrogens is 3. The average Bonchev–Trinajstić information content (AvgIpc) is 2.67. The largest absolute Gasteiger partial charge is 0.371 e. The molecule has 1 aromatic heterocycles. The van der Waals surface area contributed by atoms with E-state index in [0.717, 1.165) is 44.4 Å². The van der Waals surface area contributed by atoms with Crippen LogP contribution in [0.25, 0.3) is 0 Å². The molecule has 0 bridgehead atoms. The lowest BCUT2D eigenvalue weighted by molar-refractivity contribution is 0.0118. The molecule has 0 aliphatic carbocycles. The van der Waals surface area contributed by atoms with Crippen molar-refractivity contribution >= 4 is 5.95 Å². The Hall–Kier alpha value is -1.14. The molecule has 0 radical (unpaired) electrons. The van der Waals surface area contributed by atoms with E-state index in [1.54, 1.807) is 7.11 Å². The molecule has 0 unspecified atom stereocenters. The number of aromatic amines is 1. The summed E-state index contributed by atoms with van der Waals surface area (Å²) >= 11 is 0. The highest BCUT2D eigenvalue weighted by Crippen LogP contribution is 2.21. The van der Waals surface area contributed by atoms with Crippen molar-refractivity contribution in [1.82, 2.24) is 20.5 Å². The number of nitrogens with one attached hydrogen (secondary N) is 2. The second-order valence-electron chi connectivity index (χ2n) is 4.79. The van der Waals surface area contributed by atoms with Crippen LogP contribution >= 0.6 is 0 Å². The van der Waals surface area contributed by atoms with Gasteiger partial charge in [-0.15, -0.1) is 5.10 Å². The van der Waals surface area contributed by atoms with Crippen LogP contribution in [-0.4, -0.2) is 48.5 Å². The third kappa shape index (κ3) is 2.76. The second-order valence-corrected chi connectivity index (χ2v) is 4.79. The van der Waals surface area contributed by atoms with Crippen LogP contribution in [0.1, 0.15) is 26.1 Å². The molecule has 1 aliphatic rings. The number of rotatable bonds is 3. The fourth-order valence-electron chi connectivity index (χ4n) is 1.81. The van der Waals surface area contributed by atoms with Crippen LogP contribution in [0.2, 0.25) is 0 Å². The Labute approximate surface area is 102 Å². The first kappa shape index (κ1) is 12.3. The molecule has 0 spiro atoms. The van der Waals surface area contributed by atoms with Gasteiger partial charge < -0.3 is 15.0 Å². The maximum atomic E-state index is 5.38. The SMILES string of the molecule is COC(C)(C)c1nc(N2CCCNCC2)n[nH]1. The maximum absolute atomic E-state index is 5.38. The second kappa shape index (κ2) is 5.01. The molecule has 0 atom stereocenters. The summed E-state index contributed by atoms with van der Waals surface area (Å²) in [6.07, 6.45) is 1.12. The summed E-state index contributed by atoms with van der Waals surface area (Å²) in [6, 6.07) is 0. The van der Waals surface area contributed by atoms with Crippen LogP contribution < -0.4 is 10.2 Å². The summed E-state index contributed by atoms with van der Waals surface area (Å²) in [7, 11) is 1.68. The Morgan fingerprint density at radius 3 is 2.88 bits per heavy atom. The van der Waals surface area contributed by atoms with Gasteiger partial charge >= 0.3 is 0 Å². The van der Waals surface area contributed by atoms with E-state index in [2.05, 4.69) is 25.4 Å². The molecular formula is C11H21N5O. The van der Waals surface area contributed by atoms with E-state index in [0.29, 0.717) is 0 Å². The molecular weight excluding hydrogens is 218 g/mol. The van der Waals surface area contributed by atoms with E-state index >= 15 is 0 Å². The Morgan fingerprint density at radius 2 is 2.12 bits per heavy atom.